The lowest BCUT2D eigenvalue weighted by Crippen LogP contribution is -2.34. The molecule has 0 unspecified atom stereocenters. The molecule has 0 fully saturated rings. The Morgan fingerprint density at radius 2 is 1.66 bits per heavy atom. The van der Waals surface area contributed by atoms with Gasteiger partial charge in [-0.05, 0) is 32.0 Å². The number of amides is 1. The summed E-state index contributed by atoms with van der Waals surface area (Å²) in [6.07, 6.45) is 0.349. The van der Waals surface area contributed by atoms with Gasteiger partial charge in [0.05, 0.1) is 43.4 Å². The van der Waals surface area contributed by atoms with Crippen molar-refractivity contribution in [3.05, 3.63) is 51.8 Å². The SMILES string of the molecule is CCOC(=O)CCN.CCOC(=O)CCNC(=O)c1cc(-c2ccc(C#N)cc2)nn(C)c1=O.Cl. The number of carbonyl (C=O) groups excluding carboxylic acids is 3. The van der Waals surface area contributed by atoms with E-state index >= 15 is 0 Å². The summed E-state index contributed by atoms with van der Waals surface area (Å²) in [6, 6.07) is 10.0. The number of benzene rings is 1. The molecule has 1 aromatic heterocycles. The van der Waals surface area contributed by atoms with E-state index in [1.807, 2.05) is 6.07 Å². The van der Waals surface area contributed by atoms with Gasteiger partial charge in [0.25, 0.3) is 11.5 Å². The van der Waals surface area contributed by atoms with E-state index in [9.17, 15) is 19.2 Å². The van der Waals surface area contributed by atoms with E-state index in [0.29, 0.717) is 36.4 Å². The Morgan fingerprint density at radius 3 is 2.17 bits per heavy atom. The van der Waals surface area contributed by atoms with Gasteiger partial charge in [0.15, 0.2) is 0 Å². The van der Waals surface area contributed by atoms with Crippen LogP contribution in [0.25, 0.3) is 11.3 Å². The lowest BCUT2D eigenvalue weighted by atomic mass is 10.1. The number of nitrogens with one attached hydrogen (secondary N) is 1. The van der Waals surface area contributed by atoms with E-state index in [-0.39, 0.29) is 43.5 Å². The van der Waals surface area contributed by atoms with Gasteiger partial charge in [0.1, 0.15) is 5.56 Å². The first-order chi connectivity index (χ1) is 16.3. The number of nitrogens with zero attached hydrogens (tertiary/aromatic N) is 3. The molecule has 0 bridgehead atoms. The molecular formula is C23H30ClN5O6. The van der Waals surface area contributed by atoms with Gasteiger partial charge in [0, 0.05) is 25.7 Å². The summed E-state index contributed by atoms with van der Waals surface area (Å²) in [5, 5.41) is 15.5. The van der Waals surface area contributed by atoms with Crippen LogP contribution in [0.1, 0.15) is 42.6 Å². The standard InChI is InChI=1S/C18H18N4O4.C5H11NO2.ClH/c1-3-26-16(23)8-9-20-17(24)14-10-15(21-22(2)18(14)25)13-6-4-12(11-19)5-7-13;1-2-8-5(7)3-4-6;/h4-7,10H,3,8-9H2,1-2H3,(H,20,24);2-4,6H2,1H3;1H. The molecule has 11 nitrogen and oxygen atoms in total. The van der Waals surface area contributed by atoms with E-state index in [2.05, 4.69) is 15.2 Å². The van der Waals surface area contributed by atoms with Crippen molar-refractivity contribution in [2.24, 2.45) is 12.8 Å². The Morgan fingerprint density at radius 1 is 1.09 bits per heavy atom. The van der Waals surface area contributed by atoms with Crippen molar-refractivity contribution < 1.29 is 23.9 Å². The number of halogens is 1. The molecule has 0 saturated carbocycles. The summed E-state index contributed by atoms with van der Waals surface area (Å²) in [5.41, 5.74) is 6.02. The fourth-order valence-corrected chi connectivity index (χ4v) is 2.59. The van der Waals surface area contributed by atoms with E-state index < -0.39 is 17.4 Å². The topological polar surface area (TPSA) is 166 Å². The second kappa shape index (κ2) is 16.8. The number of rotatable bonds is 9. The van der Waals surface area contributed by atoms with Crippen LogP contribution in [0.4, 0.5) is 0 Å². The minimum Gasteiger partial charge on any atom is -0.466 e. The molecule has 1 aromatic carbocycles. The Hall–Kier alpha value is -3.75. The van der Waals surface area contributed by atoms with Gasteiger partial charge < -0.3 is 20.5 Å². The molecule has 0 atom stereocenters. The molecule has 0 radical (unpaired) electrons. The molecule has 0 aliphatic carbocycles. The van der Waals surface area contributed by atoms with Crippen LogP contribution < -0.4 is 16.6 Å². The highest BCUT2D eigenvalue weighted by Gasteiger charge is 2.15. The second-order valence-corrected chi connectivity index (χ2v) is 6.72. The molecule has 1 amide bonds. The summed E-state index contributed by atoms with van der Waals surface area (Å²) in [5.74, 6) is -1.23. The molecular weight excluding hydrogens is 478 g/mol. The van der Waals surface area contributed by atoms with Crippen LogP contribution in [0.15, 0.2) is 35.1 Å². The molecule has 1 heterocycles. The summed E-state index contributed by atoms with van der Waals surface area (Å²) in [4.78, 5) is 46.1. The zero-order chi connectivity index (χ0) is 25.5. The van der Waals surface area contributed by atoms with Crippen molar-refractivity contribution in [3.63, 3.8) is 0 Å². The third-order valence-corrected chi connectivity index (χ3v) is 4.19. The minimum absolute atomic E-state index is 0. The molecule has 190 valence electrons. The van der Waals surface area contributed by atoms with E-state index in [1.165, 1.54) is 13.1 Å². The van der Waals surface area contributed by atoms with E-state index in [0.717, 1.165) is 4.68 Å². The highest BCUT2D eigenvalue weighted by atomic mass is 35.5. The van der Waals surface area contributed by atoms with Crippen molar-refractivity contribution in [3.8, 4) is 17.3 Å². The fourth-order valence-electron chi connectivity index (χ4n) is 2.59. The quantitative estimate of drug-likeness (QED) is 0.475. The van der Waals surface area contributed by atoms with Gasteiger partial charge in [-0.3, -0.25) is 19.2 Å². The van der Waals surface area contributed by atoms with Crippen LogP contribution in [-0.4, -0.2) is 53.9 Å². The third kappa shape index (κ3) is 10.8. The van der Waals surface area contributed by atoms with Crippen LogP contribution in [0.3, 0.4) is 0 Å². The smallest absolute Gasteiger partial charge is 0.307 e. The van der Waals surface area contributed by atoms with Crippen molar-refractivity contribution in [2.45, 2.75) is 26.7 Å². The number of hydrogen-bond donors (Lipinski definition) is 2. The number of nitriles is 1. The number of esters is 2. The van der Waals surface area contributed by atoms with Gasteiger partial charge in [-0.1, -0.05) is 12.1 Å². The average molecular weight is 508 g/mol. The lowest BCUT2D eigenvalue weighted by molar-refractivity contribution is -0.143. The van der Waals surface area contributed by atoms with Crippen LogP contribution in [0.5, 0.6) is 0 Å². The zero-order valence-electron chi connectivity index (χ0n) is 19.9. The van der Waals surface area contributed by atoms with E-state index in [4.69, 9.17) is 15.7 Å². The van der Waals surface area contributed by atoms with Crippen molar-refractivity contribution in [1.82, 2.24) is 15.1 Å². The Kier molecular flexibility index (Phi) is 15.0. The van der Waals surface area contributed by atoms with Crippen LogP contribution >= 0.6 is 12.4 Å². The number of aromatic nitrogens is 2. The van der Waals surface area contributed by atoms with Crippen LogP contribution in [0.2, 0.25) is 0 Å². The predicted molar refractivity (Wildman–Crippen MR) is 131 cm³/mol. The Balaban J connectivity index is 0.00000111. The monoisotopic (exact) mass is 507 g/mol. The molecule has 0 aliphatic heterocycles. The summed E-state index contributed by atoms with van der Waals surface area (Å²) in [6.45, 7) is 4.62. The Bertz CT molecular complexity index is 1070. The van der Waals surface area contributed by atoms with Crippen LogP contribution in [0, 0.1) is 11.3 Å². The third-order valence-electron chi connectivity index (χ3n) is 4.19. The molecule has 3 N–H and O–H groups in total. The number of nitrogens with two attached hydrogens (primary N) is 1. The largest absolute Gasteiger partial charge is 0.466 e. The highest BCUT2D eigenvalue weighted by molar-refractivity contribution is 5.94. The summed E-state index contributed by atoms with van der Waals surface area (Å²) >= 11 is 0. The van der Waals surface area contributed by atoms with Gasteiger partial charge in [0.2, 0.25) is 0 Å². The highest BCUT2D eigenvalue weighted by Crippen LogP contribution is 2.17. The number of ether oxygens (including phenoxy) is 2. The molecule has 12 heteroatoms. The molecule has 2 rings (SSSR count). The average Bonchev–Trinajstić information content (AvgIpc) is 2.81. The maximum absolute atomic E-state index is 12.3. The normalized spacial score (nSPS) is 9.46. The van der Waals surface area contributed by atoms with Crippen molar-refractivity contribution in [1.29, 1.82) is 5.26 Å². The van der Waals surface area contributed by atoms with Crippen molar-refractivity contribution >= 4 is 30.3 Å². The zero-order valence-corrected chi connectivity index (χ0v) is 20.7. The molecule has 0 aliphatic rings. The summed E-state index contributed by atoms with van der Waals surface area (Å²) < 4.78 is 10.4. The minimum atomic E-state index is -0.591. The Labute approximate surface area is 209 Å². The van der Waals surface area contributed by atoms with Gasteiger partial charge >= 0.3 is 11.9 Å². The van der Waals surface area contributed by atoms with Crippen molar-refractivity contribution in [2.75, 3.05) is 26.3 Å². The van der Waals surface area contributed by atoms with Gasteiger partial charge in [-0.25, -0.2) is 4.68 Å². The molecule has 0 saturated heterocycles. The predicted octanol–water partition coefficient (Wildman–Crippen LogP) is 1.32. The van der Waals surface area contributed by atoms with E-state index in [1.54, 1.807) is 38.1 Å². The fraction of sp³-hybridized carbons (Fsp3) is 0.391. The maximum Gasteiger partial charge on any atom is 0.307 e. The van der Waals surface area contributed by atoms with Gasteiger partial charge in [-0.15, -0.1) is 12.4 Å². The van der Waals surface area contributed by atoms with Crippen LogP contribution in [-0.2, 0) is 26.1 Å². The van der Waals surface area contributed by atoms with Gasteiger partial charge in [-0.2, -0.15) is 10.4 Å². The first-order valence-electron chi connectivity index (χ1n) is 10.7. The second-order valence-electron chi connectivity index (χ2n) is 6.72. The number of hydrogen-bond acceptors (Lipinski definition) is 9. The molecule has 0 spiro atoms. The first kappa shape index (κ1) is 31.2. The lowest BCUT2D eigenvalue weighted by Gasteiger charge is -2.08. The summed E-state index contributed by atoms with van der Waals surface area (Å²) in [7, 11) is 1.45. The number of aryl methyl sites for hydroxylation is 1. The number of carbonyl (C=O) groups is 3. The molecule has 35 heavy (non-hydrogen) atoms. The first-order valence-corrected chi connectivity index (χ1v) is 10.7. The molecule has 2 aromatic rings. The maximum atomic E-state index is 12.3.